The Labute approximate surface area is 248 Å². The van der Waals surface area contributed by atoms with Gasteiger partial charge in [0.25, 0.3) is 0 Å². The first kappa shape index (κ1) is 24.8. The first-order valence-electron chi connectivity index (χ1n) is 14.2. The van der Waals surface area contributed by atoms with Gasteiger partial charge in [-0.2, -0.15) is 0 Å². The van der Waals surface area contributed by atoms with Gasteiger partial charge in [-0.1, -0.05) is 48.5 Å². The van der Waals surface area contributed by atoms with Crippen molar-refractivity contribution in [2.45, 2.75) is 0 Å². The zero-order valence-corrected chi connectivity index (χ0v) is 23.2. The number of rotatable bonds is 5. The first-order chi connectivity index (χ1) is 21.3. The molecule has 0 atom stereocenters. The smallest absolute Gasteiger partial charge is 0.159 e. The molecule has 0 spiro atoms. The molecule has 4 aromatic heterocycles. The van der Waals surface area contributed by atoms with Crippen molar-refractivity contribution in [2.24, 2.45) is 0 Å². The minimum absolute atomic E-state index is 0.684. The summed E-state index contributed by atoms with van der Waals surface area (Å²) in [7, 11) is 0. The van der Waals surface area contributed by atoms with E-state index in [2.05, 4.69) is 106 Å². The number of hydrogen-bond donors (Lipinski definition) is 0. The third kappa shape index (κ3) is 4.53. The Kier molecular flexibility index (Phi) is 6.05. The van der Waals surface area contributed by atoms with Crippen molar-refractivity contribution < 1.29 is 0 Å². The zero-order chi connectivity index (χ0) is 28.6. The molecule has 5 nitrogen and oxygen atoms in total. The molecule has 43 heavy (non-hydrogen) atoms. The standard InChI is InChI=1S/C38H25N5/c1-3-13-36-32(9-1)33-10-2-4-14-37(33)43(36)31-17-15-26(16-18-31)38-41-24-30(25-42-38)27-21-28(34-11-5-7-19-39-34)23-29(22-27)35-12-6-8-20-40-35/h1-25H. The van der Waals surface area contributed by atoms with Gasteiger partial charge in [-0.3, -0.25) is 9.97 Å². The predicted octanol–water partition coefficient (Wildman–Crippen LogP) is 9.03. The highest BCUT2D eigenvalue weighted by atomic mass is 15.0. The lowest BCUT2D eigenvalue weighted by Crippen LogP contribution is -1.95. The van der Waals surface area contributed by atoms with Gasteiger partial charge in [0.2, 0.25) is 0 Å². The molecule has 0 fully saturated rings. The van der Waals surface area contributed by atoms with Gasteiger partial charge in [0.1, 0.15) is 0 Å². The highest BCUT2D eigenvalue weighted by Gasteiger charge is 2.13. The molecule has 0 aliphatic carbocycles. The maximum absolute atomic E-state index is 4.77. The zero-order valence-electron chi connectivity index (χ0n) is 23.2. The fraction of sp³-hybridized carbons (Fsp3) is 0. The van der Waals surface area contributed by atoms with Crippen LogP contribution < -0.4 is 0 Å². The lowest BCUT2D eigenvalue weighted by molar-refractivity contribution is 1.16. The molecule has 0 amide bonds. The van der Waals surface area contributed by atoms with E-state index in [0.29, 0.717) is 5.82 Å². The fourth-order valence-electron chi connectivity index (χ4n) is 5.74. The van der Waals surface area contributed by atoms with Crippen LogP contribution in [0.3, 0.4) is 0 Å². The second-order valence-corrected chi connectivity index (χ2v) is 10.4. The van der Waals surface area contributed by atoms with Crippen LogP contribution in [0.25, 0.3) is 72.5 Å². The number of pyridine rings is 2. The Balaban J connectivity index is 1.15. The number of nitrogens with zero attached hydrogens (tertiary/aromatic N) is 5. The van der Waals surface area contributed by atoms with Gasteiger partial charge in [0, 0.05) is 63.5 Å². The predicted molar refractivity (Wildman–Crippen MR) is 174 cm³/mol. The van der Waals surface area contributed by atoms with Crippen molar-refractivity contribution in [3.8, 4) is 50.7 Å². The van der Waals surface area contributed by atoms with Gasteiger partial charge in [-0.05, 0) is 84.4 Å². The van der Waals surface area contributed by atoms with Gasteiger partial charge >= 0.3 is 0 Å². The van der Waals surface area contributed by atoms with Crippen LogP contribution in [0, 0.1) is 0 Å². The van der Waals surface area contributed by atoms with Gasteiger partial charge < -0.3 is 4.57 Å². The van der Waals surface area contributed by atoms with Crippen LogP contribution in [0.4, 0.5) is 0 Å². The molecule has 8 aromatic rings. The molecular formula is C38H25N5. The van der Waals surface area contributed by atoms with Crippen LogP contribution >= 0.6 is 0 Å². The molecular weight excluding hydrogens is 526 g/mol. The Morgan fingerprint density at radius 3 is 1.44 bits per heavy atom. The van der Waals surface area contributed by atoms with Crippen molar-refractivity contribution in [1.82, 2.24) is 24.5 Å². The van der Waals surface area contributed by atoms with E-state index in [-0.39, 0.29) is 0 Å². The van der Waals surface area contributed by atoms with E-state index in [1.165, 1.54) is 21.8 Å². The summed E-state index contributed by atoms with van der Waals surface area (Å²) < 4.78 is 2.31. The third-order valence-corrected chi connectivity index (χ3v) is 7.80. The lowest BCUT2D eigenvalue weighted by Gasteiger charge is -2.11. The average molecular weight is 552 g/mol. The summed E-state index contributed by atoms with van der Waals surface area (Å²) in [4.78, 5) is 18.7. The molecule has 0 aliphatic rings. The molecule has 4 heterocycles. The number of aromatic nitrogens is 5. The highest BCUT2D eigenvalue weighted by molar-refractivity contribution is 6.09. The average Bonchev–Trinajstić information content (AvgIpc) is 3.43. The van der Waals surface area contributed by atoms with E-state index < -0.39 is 0 Å². The lowest BCUT2D eigenvalue weighted by atomic mass is 9.98. The highest BCUT2D eigenvalue weighted by Crippen LogP contribution is 2.33. The second-order valence-electron chi connectivity index (χ2n) is 10.4. The van der Waals surface area contributed by atoms with E-state index in [1.54, 1.807) is 0 Å². The van der Waals surface area contributed by atoms with E-state index in [4.69, 9.17) is 9.97 Å². The summed E-state index contributed by atoms with van der Waals surface area (Å²) >= 11 is 0. The Morgan fingerprint density at radius 2 is 0.907 bits per heavy atom. The topological polar surface area (TPSA) is 56.5 Å². The number of benzene rings is 4. The minimum Gasteiger partial charge on any atom is -0.309 e. The van der Waals surface area contributed by atoms with Crippen LogP contribution in [0.2, 0.25) is 0 Å². The third-order valence-electron chi connectivity index (χ3n) is 7.80. The van der Waals surface area contributed by atoms with E-state index in [1.807, 2.05) is 61.2 Å². The van der Waals surface area contributed by atoms with Crippen molar-refractivity contribution in [3.63, 3.8) is 0 Å². The van der Waals surface area contributed by atoms with Gasteiger partial charge in [0.15, 0.2) is 5.82 Å². The summed E-state index contributed by atoms with van der Waals surface area (Å²) in [5, 5.41) is 2.50. The molecule has 8 rings (SSSR count). The molecule has 202 valence electrons. The van der Waals surface area contributed by atoms with Crippen molar-refractivity contribution in [1.29, 1.82) is 0 Å². The van der Waals surface area contributed by atoms with E-state index in [9.17, 15) is 0 Å². The van der Waals surface area contributed by atoms with Crippen LogP contribution in [0.5, 0.6) is 0 Å². The second kappa shape index (κ2) is 10.5. The molecule has 0 N–H and O–H groups in total. The first-order valence-corrected chi connectivity index (χ1v) is 14.2. The van der Waals surface area contributed by atoms with Crippen LogP contribution in [-0.4, -0.2) is 24.5 Å². The van der Waals surface area contributed by atoms with Gasteiger partial charge in [-0.15, -0.1) is 0 Å². The fourth-order valence-corrected chi connectivity index (χ4v) is 5.74. The minimum atomic E-state index is 0.684. The Bertz CT molecular complexity index is 2090. The normalized spacial score (nSPS) is 11.3. The molecule has 0 aliphatic heterocycles. The van der Waals surface area contributed by atoms with Crippen molar-refractivity contribution in [2.75, 3.05) is 0 Å². The maximum atomic E-state index is 4.77. The Morgan fingerprint density at radius 1 is 0.395 bits per heavy atom. The van der Waals surface area contributed by atoms with Gasteiger partial charge in [-0.25, -0.2) is 9.97 Å². The molecule has 0 saturated heterocycles. The molecule has 0 saturated carbocycles. The van der Waals surface area contributed by atoms with E-state index in [0.717, 1.165) is 44.9 Å². The molecule has 4 aromatic carbocycles. The quantitative estimate of drug-likeness (QED) is 0.214. The maximum Gasteiger partial charge on any atom is 0.159 e. The summed E-state index contributed by atoms with van der Waals surface area (Å²) in [6.07, 6.45) is 7.41. The monoisotopic (exact) mass is 551 g/mol. The summed E-state index contributed by atoms with van der Waals surface area (Å²) in [5.74, 6) is 0.684. The molecule has 0 bridgehead atoms. The molecule has 5 heteroatoms. The van der Waals surface area contributed by atoms with Crippen LogP contribution in [-0.2, 0) is 0 Å². The Hall–Kier alpha value is -5.94. The van der Waals surface area contributed by atoms with Crippen molar-refractivity contribution in [3.05, 3.63) is 152 Å². The number of para-hydroxylation sites is 2. The SMILES string of the molecule is c1ccc(-c2cc(-c3cnc(-c4ccc(-n5c6ccccc6c6ccccc65)cc4)nc3)cc(-c3ccccn3)c2)nc1. The van der Waals surface area contributed by atoms with Crippen LogP contribution in [0.1, 0.15) is 0 Å². The van der Waals surface area contributed by atoms with Crippen molar-refractivity contribution >= 4 is 21.8 Å². The number of fused-ring (bicyclic) bond motifs is 3. The van der Waals surface area contributed by atoms with Crippen LogP contribution in [0.15, 0.2) is 152 Å². The molecule has 0 radical (unpaired) electrons. The summed E-state index contributed by atoms with van der Waals surface area (Å²) in [5.41, 5.74) is 10.2. The summed E-state index contributed by atoms with van der Waals surface area (Å²) in [6.45, 7) is 0. The number of hydrogen-bond acceptors (Lipinski definition) is 4. The van der Waals surface area contributed by atoms with Gasteiger partial charge in [0.05, 0.1) is 22.4 Å². The summed E-state index contributed by atoms with van der Waals surface area (Å²) in [6, 6.07) is 43.8. The van der Waals surface area contributed by atoms with E-state index >= 15 is 0 Å². The largest absolute Gasteiger partial charge is 0.309 e. The molecule has 0 unspecified atom stereocenters.